The smallest absolute Gasteiger partial charge is 0.139 e. The van der Waals surface area contributed by atoms with Crippen LogP contribution in [-0.2, 0) is 4.79 Å². The highest BCUT2D eigenvalue weighted by Crippen LogP contribution is 2.61. The van der Waals surface area contributed by atoms with E-state index in [1.807, 2.05) is 0 Å². The van der Waals surface area contributed by atoms with Crippen molar-refractivity contribution in [2.24, 2.45) is 35.0 Å². The number of hydrogen-bond donors (Lipinski definition) is 1. The van der Waals surface area contributed by atoms with Crippen LogP contribution in [0.15, 0.2) is 0 Å². The van der Waals surface area contributed by atoms with Gasteiger partial charge < -0.3 is 5.11 Å². The minimum Gasteiger partial charge on any atom is -0.393 e. The van der Waals surface area contributed by atoms with Gasteiger partial charge in [-0.3, -0.25) is 4.79 Å². The van der Waals surface area contributed by atoms with Crippen LogP contribution < -0.4 is 0 Å². The predicted molar refractivity (Wildman–Crippen MR) is 78.1 cm³/mol. The van der Waals surface area contributed by atoms with Crippen molar-refractivity contribution < 1.29 is 9.90 Å². The van der Waals surface area contributed by atoms with E-state index >= 15 is 0 Å². The molecule has 5 unspecified atom stereocenters. The second-order valence-electron chi connectivity index (χ2n) is 8.32. The second kappa shape index (κ2) is 4.56. The maximum absolute atomic E-state index is 12.3. The standard InChI is InChI=1S/C18H28O2/c1-18-9-8-14-13-5-3-12(19)10-11(13)2-4-15(14)16(18)6-7-17(18)20/h11-16,19H,2-10H2,1H3/t11-,12?,13?,14?,15?,16?,18-/m0/s1. The van der Waals surface area contributed by atoms with Gasteiger partial charge in [0, 0.05) is 11.8 Å². The third-order valence-electron chi connectivity index (χ3n) is 7.64. The van der Waals surface area contributed by atoms with Crippen molar-refractivity contribution in [1.82, 2.24) is 0 Å². The molecule has 0 aliphatic heterocycles. The highest BCUT2D eigenvalue weighted by molar-refractivity contribution is 5.87. The topological polar surface area (TPSA) is 37.3 Å². The molecule has 2 nitrogen and oxygen atoms in total. The number of aliphatic hydroxyl groups excluding tert-OH is 1. The minimum atomic E-state index is -0.0327. The summed E-state index contributed by atoms with van der Waals surface area (Å²) in [4.78, 5) is 12.3. The number of hydrogen-bond acceptors (Lipinski definition) is 2. The van der Waals surface area contributed by atoms with E-state index in [1.165, 1.54) is 25.7 Å². The van der Waals surface area contributed by atoms with E-state index in [4.69, 9.17) is 0 Å². The van der Waals surface area contributed by atoms with Gasteiger partial charge in [-0.25, -0.2) is 0 Å². The molecule has 0 aromatic carbocycles. The molecule has 4 aliphatic carbocycles. The SMILES string of the molecule is C[C@]12CCC3C(CC[C@H]4CC(O)CCC34)C1CCC2=O. The molecule has 20 heavy (non-hydrogen) atoms. The number of rotatable bonds is 0. The van der Waals surface area contributed by atoms with Crippen molar-refractivity contribution in [3.05, 3.63) is 0 Å². The van der Waals surface area contributed by atoms with Crippen molar-refractivity contribution in [3.63, 3.8) is 0 Å². The Morgan fingerprint density at radius 2 is 1.80 bits per heavy atom. The normalized spacial score (nSPS) is 55.0. The van der Waals surface area contributed by atoms with Crippen molar-refractivity contribution in [2.45, 2.75) is 70.8 Å². The van der Waals surface area contributed by atoms with Gasteiger partial charge in [0.15, 0.2) is 0 Å². The van der Waals surface area contributed by atoms with Gasteiger partial charge >= 0.3 is 0 Å². The largest absolute Gasteiger partial charge is 0.393 e. The summed E-state index contributed by atoms with van der Waals surface area (Å²) in [5.41, 5.74) is 0.0299. The van der Waals surface area contributed by atoms with Crippen molar-refractivity contribution >= 4 is 5.78 Å². The summed E-state index contributed by atoms with van der Waals surface area (Å²) in [5, 5.41) is 9.93. The number of fused-ring (bicyclic) bond motifs is 5. The Kier molecular flexibility index (Phi) is 3.03. The van der Waals surface area contributed by atoms with E-state index in [9.17, 15) is 9.90 Å². The van der Waals surface area contributed by atoms with Gasteiger partial charge in [-0.1, -0.05) is 6.92 Å². The van der Waals surface area contributed by atoms with Crippen LogP contribution in [0.4, 0.5) is 0 Å². The molecule has 4 saturated carbocycles. The maximum atomic E-state index is 12.3. The van der Waals surface area contributed by atoms with Gasteiger partial charge in [0.2, 0.25) is 0 Å². The van der Waals surface area contributed by atoms with Crippen LogP contribution in [0, 0.1) is 35.0 Å². The summed E-state index contributed by atoms with van der Waals surface area (Å²) in [6.45, 7) is 2.26. The molecule has 0 bridgehead atoms. The predicted octanol–water partition coefficient (Wildman–Crippen LogP) is 3.57. The van der Waals surface area contributed by atoms with Crippen LogP contribution in [-0.4, -0.2) is 17.0 Å². The Balaban J connectivity index is 1.58. The van der Waals surface area contributed by atoms with E-state index in [0.717, 1.165) is 55.8 Å². The quantitative estimate of drug-likeness (QED) is 0.734. The molecule has 4 rings (SSSR count). The summed E-state index contributed by atoms with van der Waals surface area (Å²) < 4.78 is 0. The molecule has 0 saturated heterocycles. The lowest BCUT2D eigenvalue weighted by Gasteiger charge is -2.54. The van der Waals surface area contributed by atoms with E-state index in [-0.39, 0.29) is 11.5 Å². The van der Waals surface area contributed by atoms with Crippen LogP contribution in [0.1, 0.15) is 64.7 Å². The fourth-order valence-corrected chi connectivity index (χ4v) is 6.60. The molecule has 0 heterocycles. The summed E-state index contributed by atoms with van der Waals surface area (Å²) in [5.74, 6) is 4.56. The summed E-state index contributed by atoms with van der Waals surface area (Å²) in [6, 6.07) is 0. The van der Waals surface area contributed by atoms with Gasteiger partial charge in [-0.05, 0) is 81.0 Å². The van der Waals surface area contributed by atoms with E-state index < -0.39 is 0 Å². The Bertz CT molecular complexity index is 418. The van der Waals surface area contributed by atoms with Gasteiger partial charge in [0.05, 0.1) is 6.10 Å². The number of aliphatic hydroxyl groups is 1. The molecule has 0 amide bonds. The molecule has 0 aromatic heterocycles. The number of Topliss-reactive ketones (excluding diaryl/α,β-unsaturated/α-hetero) is 1. The summed E-state index contributed by atoms with van der Waals surface area (Å²) >= 11 is 0. The molecule has 0 radical (unpaired) electrons. The molecule has 4 fully saturated rings. The first kappa shape index (κ1) is 13.3. The third-order valence-corrected chi connectivity index (χ3v) is 7.64. The van der Waals surface area contributed by atoms with Crippen LogP contribution in [0.2, 0.25) is 0 Å². The minimum absolute atomic E-state index is 0.0299. The lowest BCUT2D eigenvalue weighted by Crippen LogP contribution is -2.49. The van der Waals surface area contributed by atoms with Crippen molar-refractivity contribution in [3.8, 4) is 0 Å². The van der Waals surface area contributed by atoms with E-state index in [2.05, 4.69) is 6.92 Å². The first-order chi connectivity index (χ1) is 9.59. The van der Waals surface area contributed by atoms with Gasteiger partial charge in [0.1, 0.15) is 5.78 Å². The molecule has 2 heteroatoms. The summed E-state index contributed by atoms with van der Waals surface area (Å²) in [7, 11) is 0. The zero-order valence-electron chi connectivity index (χ0n) is 12.7. The Morgan fingerprint density at radius 3 is 2.65 bits per heavy atom. The lowest BCUT2D eigenvalue weighted by atomic mass is 9.50. The molecule has 1 N–H and O–H groups in total. The fourth-order valence-electron chi connectivity index (χ4n) is 6.60. The molecule has 0 aromatic rings. The van der Waals surface area contributed by atoms with Gasteiger partial charge in [-0.2, -0.15) is 0 Å². The molecular formula is C18H28O2. The van der Waals surface area contributed by atoms with Gasteiger partial charge in [0.25, 0.3) is 0 Å². The van der Waals surface area contributed by atoms with Gasteiger partial charge in [-0.15, -0.1) is 0 Å². The lowest BCUT2D eigenvalue weighted by molar-refractivity contribution is -0.133. The third kappa shape index (κ3) is 1.76. The molecule has 4 aliphatic rings. The Hall–Kier alpha value is -0.370. The molecule has 112 valence electrons. The zero-order valence-corrected chi connectivity index (χ0v) is 12.7. The Morgan fingerprint density at radius 1 is 1.00 bits per heavy atom. The first-order valence-corrected chi connectivity index (χ1v) is 8.81. The van der Waals surface area contributed by atoms with E-state index in [0.29, 0.717) is 11.7 Å². The first-order valence-electron chi connectivity index (χ1n) is 8.81. The highest BCUT2D eigenvalue weighted by Gasteiger charge is 2.56. The van der Waals surface area contributed by atoms with Crippen LogP contribution in [0.25, 0.3) is 0 Å². The molecule has 0 spiro atoms. The average Bonchev–Trinajstić information content (AvgIpc) is 2.74. The number of ketones is 1. The fraction of sp³-hybridized carbons (Fsp3) is 0.944. The van der Waals surface area contributed by atoms with Crippen molar-refractivity contribution in [1.29, 1.82) is 0 Å². The maximum Gasteiger partial charge on any atom is 0.139 e. The van der Waals surface area contributed by atoms with E-state index in [1.54, 1.807) is 0 Å². The zero-order chi connectivity index (χ0) is 13.9. The van der Waals surface area contributed by atoms with Crippen LogP contribution in [0.3, 0.4) is 0 Å². The molecular weight excluding hydrogens is 248 g/mol. The monoisotopic (exact) mass is 276 g/mol. The highest BCUT2D eigenvalue weighted by atomic mass is 16.3. The molecule has 7 atom stereocenters. The second-order valence-corrected chi connectivity index (χ2v) is 8.32. The van der Waals surface area contributed by atoms with Crippen LogP contribution >= 0.6 is 0 Å². The Labute approximate surface area is 122 Å². The number of carbonyl (C=O) groups excluding carboxylic acids is 1. The van der Waals surface area contributed by atoms with Crippen molar-refractivity contribution in [2.75, 3.05) is 0 Å². The average molecular weight is 276 g/mol. The van der Waals surface area contributed by atoms with Crippen LogP contribution in [0.5, 0.6) is 0 Å². The number of carbonyl (C=O) groups is 1. The summed E-state index contributed by atoms with van der Waals surface area (Å²) in [6.07, 6.45) is 10.3.